The quantitative estimate of drug-likeness (QED) is 0.773. The van der Waals surface area contributed by atoms with Crippen LogP contribution >= 0.6 is 0 Å². The van der Waals surface area contributed by atoms with E-state index in [9.17, 15) is 22.4 Å². The van der Waals surface area contributed by atoms with Crippen molar-refractivity contribution in [3.05, 3.63) is 29.6 Å². The van der Waals surface area contributed by atoms with Crippen LogP contribution in [0.1, 0.15) is 43.5 Å². The predicted octanol–water partition coefficient (Wildman–Crippen LogP) is 1.94. The molecule has 7 nitrogen and oxygen atoms in total. The lowest BCUT2D eigenvalue weighted by Crippen LogP contribution is -2.41. The number of carbonyl (C=O) groups is 2. The molecule has 2 rings (SSSR count). The molecule has 1 amide bonds. The molecule has 1 atom stereocenters. The first-order valence-corrected chi connectivity index (χ1v) is 9.95. The molecular formula is C17H23FN2O5S. The number of sulfonamides is 1. The number of rotatable bonds is 7. The smallest absolute Gasteiger partial charge is 0.318 e. The third-order valence-electron chi connectivity index (χ3n) is 4.54. The van der Waals surface area contributed by atoms with Gasteiger partial charge in [0, 0.05) is 19.1 Å². The maximum absolute atomic E-state index is 14.4. The minimum atomic E-state index is -4.20. The van der Waals surface area contributed by atoms with Gasteiger partial charge >= 0.3 is 5.97 Å². The van der Waals surface area contributed by atoms with Crippen molar-refractivity contribution in [2.45, 2.75) is 44.0 Å². The third-order valence-corrected chi connectivity index (χ3v) is 6.50. The normalized spacial score (nSPS) is 16.1. The first-order valence-electron chi connectivity index (χ1n) is 8.51. The van der Waals surface area contributed by atoms with Crippen molar-refractivity contribution in [2.75, 3.05) is 19.6 Å². The van der Waals surface area contributed by atoms with Gasteiger partial charge in [0.05, 0.1) is 10.5 Å². The molecule has 1 saturated heterocycles. The van der Waals surface area contributed by atoms with Crippen molar-refractivity contribution in [3.8, 4) is 0 Å². The highest BCUT2D eigenvalue weighted by Gasteiger charge is 2.31. The summed E-state index contributed by atoms with van der Waals surface area (Å²) >= 11 is 0. The Morgan fingerprint density at radius 1 is 1.31 bits per heavy atom. The molecule has 0 radical (unpaired) electrons. The number of likely N-dealkylation sites (tertiary alicyclic amines) is 1. The molecule has 1 N–H and O–H groups in total. The number of hydrogen-bond donors (Lipinski definition) is 1. The molecule has 1 heterocycles. The topological polar surface area (TPSA) is 95.0 Å². The van der Waals surface area contributed by atoms with E-state index in [1.807, 2.05) is 0 Å². The predicted molar refractivity (Wildman–Crippen MR) is 92.8 cm³/mol. The van der Waals surface area contributed by atoms with E-state index in [4.69, 9.17) is 5.11 Å². The van der Waals surface area contributed by atoms with Gasteiger partial charge in [-0.3, -0.25) is 9.59 Å². The van der Waals surface area contributed by atoms with Gasteiger partial charge in [-0.25, -0.2) is 12.8 Å². The highest BCUT2D eigenvalue weighted by molar-refractivity contribution is 7.89. The van der Waals surface area contributed by atoms with Gasteiger partial charge < -0.3 is 10.0 Å². The summed E-state index contributed by atoms with van der Waals surface area (Å²) in [6, 6.07) is 2.53. The zero-order valence-corrected chi connectivity index (χ0v) is 15.6. The molecule has 0 aliphatic carbocycles. The Hall–Kier alpha value is -2.00. The van der Waals surface area contributed by atoms with E-state index in [0.717, 1.165) is 35.3 Å². The molecule has 0 bridgehead atoms. The standard InChI is InChI=1S/C17H23FN2O5S/c1-3-12(2)20(11-16(21)22)26(24,25)13-6-7-14(15(18)10-13)17(23)19-8-4-5-9-19/h6-7,10,12H,3-5,8-9,11H2,1-2H3,(H,21,22). The molecule has 26 heavy (non-hydrogen) atoms. The van der Waals surface area contributed by atoms with Crippen LogP contribution in [0, 0.1) is 5.82 Å². The maximum Gasteiger partial charge on any atom is 0.318 e. The van der Waals surface area contributed by atoms with Crippen LogP contribution in [0.25, 0.3) is 0 Å². The monoisotopic (exact) mass is 386 g/mol. The molecule has 0 saturated carbocycles. The van der Waals surface area contributed by atoms with Crippen LogP contribution in [-0.4, -0.2) is 60.3 Å². The lowest BCUT2D eigenvalue weighted by atomic mass is 10.2. The second-order valence-corrected chi connectivity index (χ2v) is 8.23. The Kier molecular flexibility index (Phi) is 6.35. The summed E-state index contributed by atoms with van der Waals surface area (Å²) < 4.78 is 40.8. The summed E-state index contributed by atoms with van der Waals surface area (Å²) in [5, 5.41) is 9.00. The van der Waals surface area contributed by atoms with Gasteiger partial charge in [0.1, 0.15) is 12.4 Å². The first kappa shape index (κ1) is 20.3. The molecule has 9 heteroatoms. The molecule has 1 aliphatic heterocycles. The number of benzene rings is 1. The van der Waals surface area contributed by atoms with E-state index in [0.29, 0.717) is 19.5 Å². The van der Waals surface area contributed by atoms with Crippen LogP contribution in [0.2, 0.25) is 0 Å². The Balaban J connectivity index is 2.35. The average molecular weight is 386 g/mol. The fourth-order valence-electron chi connectivity index (χ4n) is 2.87. The van der Waals surface area contributed by atoms with Crippen molar-refractivity contribution in [1.29, 1.82) is 0 Å². The summed E-state index contributed by atoms with van der Waals surface area (Å²) in [6.45, 7) is 3.71. The summed E-state index contributed by atoms with van der Waals surface area (Å²) in [5.41, 5.74) is -0.181. The zero-order valence-electron chi connectivity index (χ0n) is 14.8. The van der Waals surface area contributed by atoms with Crippen molar-refractivity contribution in [1.82, 2.24) is 9.21 Å². The number of aliphatic carboxylic acids is 1. The number of halogens is 1. The summed E-state index contributed by atoms with van der Waals surface area (Å²) in [7, 11) is -4.20. The highest BCUT2D eigenvalue weighted by atomic mass is 32.2. The van der Waals surface area contributed by atoms with Crippen LogP contribution < -0.4 is 0 Å². The Labute approximate surface area is 152 Å². The van der Waals surface area contributed by atoms with Gasteiger partial charge in [-0.1, -0.05) is 6.92 Å². The summed E-state index contributed by atoms with van der Waals surface area (Å²) in [5.74, 6) is -2.69. The molecule has 1 aromatic carbocycles. The summed E-state index contributed by atoms with van der Waals surface area (Å²) in [4.78, 5) is 24.5. The lowest BCUT2D eigenvalue weighted by molar-refractivity contribution is -0.137. The molecule has 1 aliphatic rings. The molecular weight excluding hydrogens is 363 g/mol. The molecule has 144 valence electrons. The SMILES string of the molecule is CCC(C)N(CC(=O)O)S(=O)(=O)c1ccc(C(=O)N2CCCC2)c(F)c1. The Bertz CT molecular complexity index is 790. The highest BCUT2D eigenvalue weighted by Crippen LogP contribution is 2.23. The van der Waals surface area contributed by atoms with E-state index in [-0.39, 0.29) is 10.5 Å². The van der Waals surface area contributed by atoms with Crippen molar-refractivity contribution < 1.29 is 27.5 Å². The number of carboxylic acid groups (broad SMARTS) is 1. The third kappa shape index (κ3) is 4.21. The van der Waals surface area contributed by atoms with Crippen LogP contribution in [0.4, 0.5) is 4.39 Å². The average Bonchev–Trinajstić information content (AvgIpc) is 3.12. The van der Waals surface area contributed by atoms with Gasteiger partial charge in [0.2, 0.25) is 10.0 Å². The lowest BCUT2D eigenvalue weighted by Gasteiger charge is -2.26. The number of amides is 1. The van der Waals surface area contributed by atoms with Crippen LogP contribution in [0.5, 0.6) is 0 Å². The van der Waals surface area contributed by atoms with Gasteiger partial charge in [-0.15, -0.1) is 0 Å². The van der Waals surface area contributed by atoms with Gasteiger partial charge in [0.15, 0.2) is 0 Å². The van der Waals surface area contributed by atoms with E-state index < -0.39 is 40.3 Å². The van der Waals surface area contributed by atoms with Crippen molar-refractivity contribution in [2.24, 2.45) is 0 Å². The van der Waals surface area contributed by atoms with Crippen molar-refractivity contribution >= 4 is 21.9 Å². The van der Waals surface area contributed by atoms with E-state index in [1.54, 1.807) is 13.8 Å². The Morgan fingerprint density at radius 3 is 2.42 bits per heavy atom. The van der Waals surface area contributed by atoms with E-state index >= 15 is 0 Å². The number of nitrogens with zero attached hydrogens (tertiary/aromatic N) is 2. The maximum atomic E-state index is 14.4. The van der Waals surface area contributed by atoms with Crippen molar-refractivity contribution in [3.63, 3.8) is 0 Å². The zero-order chi connectivity index (χ0) is 19.5. The van der Waals surface area contributed by atoms with Gasteiger partial charge in [-0.05, 0) is 44.4 Å². The van der Waals surface area contributed by atoms with Gasteiger partial charge in [-0.2, -0.15) is 4.31 Å². The second kappa shape index (κ2) is 8.13. The molecule has 0 aromatic heterocycles. The minimum absolute atomic E-state index is 0.181. The molecule has 1 unspecified atom stereocenters. The van der Waals surface area contributed by atoms with Crippen LogP contribution in [0.3, 0.4) is 0 Å². The Morgan fingerprint density at radius 2 is 1.92 bits per heavy atom. The molecule has 1 fully saturated rings. The second-order valence-electron chi connectivity index (χ2n) is 6.34. The fraction of sp³-hybridized carbons (Fsp3) is 0.529. The van der Waals surface area contributed by atoms with E-state index in [2.05, 4.69) is 0 Å². The first-order chi connectivity index (χ1) is 12.2. The van der Waals surface area contributed by atoms with Crippen LogP contribution in [-0.2, 0) is 14.8 Å². The molecule has 1 aromatic rings. The fourth-order valence-corrected chi connectivity index (χ4v) is 4.54. The van der Waals surface area contributed by atoms with Gasteiger partial charge in [0.25, 0.3) is 5.91 Å². The van der Waals surface area contributed by atoms with Crippen LogP contribution in [0.15, 0.2) is 23.1 Å². The number of carboxylic acids is 1. The number of hydrogen-bond acceptors (Lipinski definition) is 4. The number of carbonyl (C=O) groups excluding carboxylic acids is 1. The summed E-state index contributed by atoms with van der Waals surface area (Å²) in [6.07, 6.45) is 2.12. The minimum Gasteiger partial charge on any atom is -0.480 e. The van der Waals surface area contributed by atoms with E-state index in [1.165, 1.54) is 4.90 Å². The molecule has 0 spiro atoms. The largest absolute Gasteiger partial charge is 0.480 e.